The number of aromatic nitrogens is 2. The zero-order valence-corrected chi connectivity index (χ0v) is 18.0. The monoisotopic (exact) mass is 451 g/mol. The van der Waals surface area contributed by atoms with Gasteiger partial charge >= 0.3 is 6.36 Å². The molecule has 0 aliphatic rings. The predicted molar refractivity (Wildman–Crippen MR) is 119 cm³/mol. The van der Waals surface area contributed by atoms with Gasteiger partial charge in [-0.2, -0.15) is 5.37 Å². The van der Waals surface area contributed by atoms with E-state index in [9.17, 15) is 18.0 Å². The highest BCUT2D eigenvalue weighted by Gasteiger charge is 2.31. The van der Waals surface area contributed by atoms with Crippen LogP contribution in [0.1, 0.15) is 18.3 Å². The molecule has 0 spiro atoms. The molecule has 12 heteroatoms. The number of thioether (sulfide) groups is 1. The number of alkyl halides is 3. The number of nitrogens with one attached hydrogen (secondary N) is 1. The number of benzene rings is 1. The highest BCUT2D eigenvalue weighted by Crippen LogP contribution is 2.31. The van der Waals surface area contributed by atoms with Crippen molar-refractivity contribution in [2.75, 3.05) is 5.75 Å². The molecule has 5 nitrogen and oxygen atoms in total. The van der Waals surface area contributed by atoms with E-state index in [1.807, 2.05) is 0 Å². The van der Waals surface area contributed by atoms with Gasteiger partial charge in [-0.1, -0.05) is 23.2 Å². The lowest BCUT2D eigenvalue weighted by Gasteiger charge is -2.14. The second-order valence-electron chi connectivity index (χ2n) is 6.26. The van der Waals surface area contributed by atoms with E-state index in [4.69, 9.17) is 23.5 Å². The molecular formula is C20H15B3F3N3O2S. The van der Waals surface area contributed by atoms with Crippen LogP contribution >= 0.6 is 11.8 Å². The summed E-state index contributed by atoms with van der Waals surface area (Å²) in [6.07, 6.45) is -4.79. The zero-order valence-electron chi connectivity index (χ0n) is 17.2. The number of rotatable bonds is 7. The highest BCUT2D eigenvalue weighted by molar-refractivity contribution is 7.99. The Morgan fingerprint density at radius 2 is 1.84 bits per heavy atom. The molecule has 0 aliphatic heterocycles. The lowest BCUT2D eigenvalue weighted by Crippen LogP contribution is -2.27. The number of carbonyl (C=O) groups is 1. The van der Waals surface area contributed by atoms with Crippen molar-refractivity contribution in [3.8, 4) is 28.8 Å². The molecule has 1 amide bonds. The maximum Gasteiger partial charge on any atom is 0.573 e. The van der Waals surface area contributed by atoms with Gasteiger partial charge in [0.15, 0.2) is 0 Å². The van der Waals surface area contributed by atoms with E-state index >= 15 is 0 Å². The van der Waals surface area contributed by atoms with Crippen LogP contribution in [-0.4, -0.2) is 51.5 Å². The van der Waals surface area contributed by atoms with Gasteiger partial charge < -0.3 is 10.1 Å². The molecule has 0 unspecified atom stereocenters. The summed E-state index contributed by atoms with van der Waals surface area (Å²) in [6.45, 7) is 3.42. The second kappa shape index (κ2) is 11.2. The maximum atomic E-state index is 12.4. The van der Waals surface area contributed by atoms with Gasteiger partial charge in [0, 0.05) is 11.1 Å². The fourth-order valence-electron chi connectivity index (χ4n) is 2.42. The number of hydrogen-bond donors (Lipinski definition) is 1. The first kappa shape index (κ1) is 25.5. The minimum Gasteiger partial charge on any atom is -0.406 e. The third-order valence-electron chi connectivity index (χ3n) is 3.93. The van der Waals surface area contributed by atoms with Crippen LogP contribution in [0.4, 0.5) is 13.2 Å². The Morgan fingerprint density at radius 3 is 2.41 bits per heavy atom. The Kier molecular flexibility index (Phi) is 8.90. The van der Waals surface area contributed by atoms with Crippen molar-refractivity contribution in [1.29, 1.82) is 0 Å². The number of carbonyl (C=O) groups excluding carboxylic acids is 1. The quantitative estimate of drug-likeness (QED) is 0.231. The van der Waals surface area contributed by atoms with Gasteiger partial charge in [0.25, 0.3) is 0 Å². The molecule has 0 atom stereocenters. The van der Waals surface area contributed by atoms with Crippen LogP contribution in [0.15, 0.2) is 40.1 Å². The van der Waals surface area contributed by atoms with Crippen LogP contribution in [0.3, 0.4) is 0 Å². The summed E-state index contributed by atoms with van der Waals surface area (Å²) >= 11 is 1.37. The number of hydrogen-bond acceptors (Lipinski definition) is 5. The molecule has 1 aromatic carbocycles. The van der Waals surface area contributed by atoms with Gasteiger partial charge in [0.2, 0.25) is 5.91 Å². The topological polar surface area (TPSA) is 64.1 Å². The van der Waals surface area contributed by atoms with Gasteiger partial charge in [0.05, 0.1) is 33.7 Å². The number of halogens is 3. The second-order valence-corrected chi connectivity index (χ2v) is 7.22. The normalized spacial score (nSPS) is 10.7. The van der Waals surface area contributed by atoms with Gasteiger partial charge in [-0.25, -0.2) is 9.97 Å². The molecular weight excluding hydrogens is 436 g/mol. The molecule has 0 bridgehead atoms. The SMILES string of the molecule is [B]C([B])=C([B])C(=O)NCc1nc(SCC#CC)c(C)c(-c2ccc(OC(F)(F)F)cc2)n1. The third-order valence-corrected chi connectivity index (χ3v) is 4.89. The van der Waals surface area contributed by atoms with Gasteiger partial charge in [-0.05, 0) is 38.1 Å². The van der Waals surface area contributed by atoms with E-state index in [1.54, 1.807) is 13.8 Å². The number of ether oxygens (including phenoxy) is 1. The zero-order chi connectivity index (χ0) is 23.9. The molecule has 1 heterocycles. The molecule has 6 radical (unpaired) electrons. The first-order chi connectivity index (χ1) is 15.0. The first-order valence-corrected chi connectivity index (χ1v) is 10.1. The average molecular weight is 451 g/mol. The molecule has 0 fully saturated rings. The largest absolute Gasteiger partial charge is 0.573 e. The molecule has 158 valence electrons. The van der Waals surface area contributed by atoms with Crippen LogP contribution in [0, 0.1) is 18.8 Å². The van der Waals surface area contributed by atoms with E-state index in [1.165, 1.54) is 36.0 Å². The first-order valence-electron chi connectivity index (χ1n) is 9.06. The van der Waals surface area contributed by atoms with E-state index in [2.05, 4.69) is 31.9 Å². The summed E-state index contributed by atoms with van der Waals surface area (Å²) in [4.78, 5) is 20.9. The summed E-state index contributed by atoms with van der Waals surface area (Å²) in [6, 6.07) is 5.29. The van der Waals surface area contributed by atoms with E-state index in [-0.39, 0.29) is 29.0 Å². The van der Waals surface area contributed by atoms with Crippen molar-refractivity contribution in [3.63, 3.8) is 0 Å². The molecule has 0 aliphatic carbocycles. The Hall–Kier alpha value is -2.80. The van der Waals surface area contributed by atoms with E-state index in [0.29, 0.717) is 27.6 Å². The maximum absolute atomic E-state index is 12.4. The smallest absolute Gasteiger partial charge is 0.406 e. The summed E-state index contributed by atoms with van der Waals surface area (Å²) in [7, 11) is 16.1. The van der Waals surface area contributed by atoms with Crippen LogP contribution < -0.4 is 10.1 Å². The Labute approximate surface area is 192 Å². The van der Waals surface area contributed by atoms with Crippen molar-refractivity contribution in [2.24, 2.45) is 0 Å². The van der Waals surface area contributed by atoms with Crippen molar-refractivity contribution < 1.29 is 22.7 Å². The summed E-state index contributed by atoms with van der Waals surface area (Å²) < 4.78 is 41.2. The third kappa shape index (κ3) is 7.41. The van der Waals surface area contributed by atoms with Crippen LogP contribution in [0.5, 0.6) is 5.75 Å². The summed E-state index contributed by atoms with van der Waals surface area (Å²) in [5.74, 6) is 5.39. The van der Waals surface area contributed by atoms with Gasteiger partial charge in [-0.3, -0.25) is 4.79 Å². The van der Waals surface area contributed by atoms with E-state index < -0.39 is 12.3 Å². The van der Waals surface area contributed by atoms with Crippen LogP contribution in [0.25, 0.3) is 11.3 Å². The minimum atomic E-state index is -4.79. The van der Waals surface area contributed by atoms with Crippen molar-refractivity contribution in [3.05, 3.63) is 46.5 Å². The molecule has 0 saturated heterocycles. The number of amides is 1. The molecule has 0 saturated carbocycles. The fourth-order valence-corrected chi connectivity index (χ4v) is 3.25. The van der Waals surface area contributed by atoms with Gasteiger partial charge in [0.1, 0.15) is 24.4 Å². The van der Waals surface area contributed by atoms with Crippen molar-refractivity contribution in [2.45, 2.75) is 31.8 Å². The van der Waals surface area contributed by atoms with Crippen LogP contribution in [-0.2, 0) is 11.3 Å². The van der Waals surface area contributed by atoms with Crippen molar-refractivity contribution >= 4 is 41.2 Å². The lowest BCUT2D eigenvalue weighted by molar-refractivity contribution is -0.274. The summed E-state index contributed by atoms with van der Waals surface area (Å²) in [5, 5.41) is 2.81. The predicted octanol–water partition coefficient (Wildman–Crippen LogP) is 2.76. The molecule has 32 heavy (non-hydrogen) atoms. The average Bonchev–Trinajstić information content (AvgIpc) is 2.72. The Balaban J connectivity index is 2.38. The van der Waals surface area contributed by atoms with E-state index in [0.717, 1.165) is 0 Å². The molecule has 1 aromatic heterocycles. The minimum absolute atomic E-state index is 0.0810. The Morgan fingerprint density at radius 1 is 1.19 bits per heavy atom. The van der Waals surface area contributed by atoms with Gasteiger partial charge in [-0.15, -0.1) is 19.1 Å². The molecule has 1 N–H and O–H groups in total. The standard InChI is InChI=1S/C20H15B3F3N3O2S/c1-3-4-9-32-19-11(2)16(12-5-7-13(8-6-12)31-20(24,25)26)28-14(29-19)10-27-18(30)15(21)17(22)23/h5-8H,9-10H2,1-2H3,(H,27,30). The Bertz CT molecular complexity index is 1080. The van der Waals surface area contributed by atoms with Crippen molar-refractivity contribution in [1.82, 2.24) is 15.3 Å². The molecule has 2 rings (SSSR count). The fraction of sp³-hybridized carbons (Fsp3) is 0.250. The molecule has 2 aromatic rings. The lowest BCUT2D eigenvalue weighted by atomic mass is 9.69. The summed E-state index contributed by atoms with van der Waals surface area (Å²) in [5.41, 5.74) is 1.40. The van der Waals surface area contributed by atoms with Crippen LogP contribution in [0.2, 0.25) is 0 Å². The number of nitrogens with zero attached hydrogens (tertiary/aromatic N) is 2. The highest BCUT2D eigenvalue weighted by atomic mass is 32.2.